The standard InChI is InChI=1S/C19H27N3O2/c20-18(23)16-6-4-5-14(12-16)11-15-9-10-22(13-15)19(24)21-17-7-2-1-3-8-17/h4-6,12,15,17H,1-3,7-11,13H2,(H2,20,23)(H,21,24)/t15-/m0/s1. The molecule has 0 aromatic heterocycles. The molecular formula is C19H27N3O2. The summed E-state index contributed by atoms with van der Waals surface area (Å²) in [5, 5.41) is 3.20. The second-order valence-corrected chi connectivity index (χ2v) is 7.15. The van der Waals surface area contributed by atoms with Gasteiger partial charge in [0.05, 0.1) is 0 Å². The van der Waals surface area contributed by atoms with E-state index in [0.717, 1.165) is 44.3 Å². The first-order valence-corrected chi connectivity index (χ1v) is 9.06. The van der Waals surface area contributed by atoms with Crippen molar-refractivity contribution < 1.29 is 9.59 Å². The van der Waals surface area contributed by atoms with Crippen LogP contribution in [0.25, 0.3) is 0 Å². The molecule has 0 bridgehead atoms. The maximum absolute atomic E-state index is 12.4. The van der Waals surface area contributed by atoms with Crippen LogP contribution in [-0.4, -0.2) is 36.0 Å². The average molecular weight is 329 g/mol. The first-order chi connectivity index (χ1) is 11.6. The minimum Gasteiger partial charge on any atom is -0.366 e. The van der Waals surface area contributed by atoms with Crippen LogP contribution in [0.1, 0.15) is 54.4 Å². The zero-order chi connectivity index (χ0) is 16.9. The molecule has 3 N–H and O–H groups in total. The van der Waals surface area contributed by atoms with Gasteiger partial charge in [-0.15, -0.1) is 0 Å². The third kappa shape index (κ3) is 4.28. The number of hydrogen-bond donors (Lipinski definition) is 2. The van der Waals surface area contributed by atoms with Crippen molar-refractivity contribution in [3.8, 4) is 0 Å². The molecule has 5 nitrogen and oxygen atoms in total. The lowest BCUT2D eigenvalue weighted by Gasteiger charge is -2.26. The first kappa shape index (κ1) is 16.8. The molecule has 2 fully saturated rings. The van der Waals surface area contributed by atoms with Crippen LogP contribution >= 0.6 is 0 Å². The van der Waals surface area contributed by atoms with E-state index in [4.69, 9.17) is 5.73 Å². The summed E-state index contributed by atoms with van der Waals surface area (Å²) < 4.78 is 0. The highest BCUT2D eigenvalue weighted by Gasteiger charge is 2.28. The van der Waals surface area contributed by atoms with Crippen LogP contribution in [0, 0.1) is 5.92 Å². The van der Waals surface area contributed by atoms with E-state index < -0.39 is 5.91 Å². The van der Waals surface area contributed by atoms with Crippen LogP contribution in [0.2, 0.25) is 0 Å². The molecule has 0 spiro atoms. The summed E-state index contributed by atoms with van der Waals surface area (Å²) in [6.07, 6.45) is 7.87. The molecule has 1 saturated heterocycles. The summed E-state index contributed by atoms with van der Waals surface area (Å²) in [7, 11) is 0. The van der Waals surface area contributed by atoms with Gasteiger partial charge in [-0.3, -0.25) is 4.79 Å². The number of carbonyl (C=O) groups is 2. The Morgan fingerprint density at radius 3 is 2.71 bits per heavy atom. The second-order valence-electron chi connectivity index (χ2n) is 7.15. The Kier molecular flexibility index (Phi) is 5.38. The molecule has 1 aliphatic carbocycles. The molecule has 130 valence electrons. The zero-order valence-electron chi connectivity index (χ0n) is 14.2. The van der Waals surface area contributed by atoms with Crippen LogP contribution in [0.5, 0.6) is 0 Å². The maximum atomic E-state index is 12.4. The number of likely N-dealkylation sites (tertiary alicyclic amines) is 1. The van der Waals surface area contributed by atoms with Gasteiger partial charge in [-0.1, -0.05) is 31.4 Å². The summed E-state index contributed by atoms with van der Waals surface area (Å²) in [5.74, 6) is 0.0574. The molecule has 2 aliphatic rings. The van der Waals surface area contributed by atoms with Crippen LogP contribution < -0.4 is 11.1 Å². The molecule has 3 rings (SSSR count). The third-order valence-electron chi connectivity index (χ3n) is 5.24. The summed E-state index contributed by atoms with van der Waals surface area (Å²) in [5.41, 5.74) is 7.01. The Morgan fingerprint density at radius 1 is 1.17 bits per heavy atom. The van der Waals surface area contributed by atoms with Crippen molar-refractivity contribution in [2.45, 2.75) is 51.0 Å². The molecule has 1 aromatic rings. The van der Waals surface area contributed by atoms with E-state index in [9.17, 15) is 9.59 Å². The molecule has 24 heavy (non-hydrogen) atoms. The predicted octanol–water partition coefficient (Wildman–Crippen LogP) is 2.69. The van der Waals surface area contributed by atoms with E-state index in [-0.39, 0.29) is 6.03 Å². The second kappa shape index (κ2) is 7.69. The van der Waals surface area contributed by atoms with E-state index >= 15 is 0 Å². The monoisotopic (exact) mass is 329 g/mol. The molecule has 1 saturated carbocycles. The molecule has 1 atom stereocenters. The summed E-state index contributed by atoms with van der Waals surface area (Å²) in [6, 6.07) is 7.96. The number of nitrogens with zero attached hydrogens (tertiary/aromatic N) is 1. The molecule has 1 heterocycles. The minimum absolute atomic E-state index is 0.0929. The van der Waals surface area contributed by atoms with Gasteiger partial charge in [0, 0.05) is 24.7 Å². The zero-order valence-corrected chi connectivity index (χ0v) is 14.2. The Hall–Kier alpha value is -2.04. The number of benzene rings is 1. The lowest BCUT2D eigenvalue weighted by atomic mass is 9.96. The molecule has 1 aromatic carbocycles. The third-order valence-corrected chi connectivity index (χ3v) is 5.24. The van der Waals surface area contributed by atoms with Crippen molar-refractivity contribution in [1.82, 2.24) is 10.2 Å². The smallest absolute Gasteiger partial charge is 0.317 e. The van der Waals surface area contributed by atoms with Gasteiger partial charge in [-0.05, 0) is 49.3 Å². The van der Waals surface area contributed by atoms with Crippen molar-refractivity contribution >= 4 is 11.9 Å². The van der Waals surface area contributed by atoms with Crippen LogP contribution in [0.3, 0.4) is 0 Å². The van der Waals surface area contributed by atoms with Gasteiger partial charge < -0.3 is 16.0 Å². The van der Waals surface area contributed by atoms with Crippen molar-refractivity contribution in [2.24, 2.45) is 11.7 Å². The number of nitrogens with two attached hydrogens (primary N) is 1. The molecule has 1 aliphatic heterocycles. The largest absolute Gasteiger partial charge is 0.366 e. The number of amides is 3. The topological polar surface area (TPSA) is 75.4 Å². The number of rotatable bonds is 4. The van der Waals surface area contributed by atoms with Crippen LogP contribution in [0.15, 0.2) is 24.3 Å². The van der Waals surface area contributed by atoms with Gasteiger partial charge in [-0.25, -0.2) is 4.79 Å². The molecule has 3 amide bonds. The highest BCUT2D eigenvalue weighted by Crippen LogP contribution is 2.23. The van der Waals surface area contributed by atoms with Gasteiger partial charge >= 0.3 is 6.03 Å². The molecular weight excluding hydrogens is 302 g/mol. The molecule has 0 unspecified atom stereocenters. The minimum atomic E-state index is -0.392. The van der Waals surface area contributed by atoms with E-state index in [1.165, 1.54) is 19.3 Å². The van der Waals surface area contributed by atoms with E-state index in [1.54, 1.807) is 6.07 Å². The van der Waals surface area contributed by atoms with Crippen molar-refractivity contribution in [2.75, 3.05) is 13.1 Å². The van der Waals surface area contributed by atoms with E-state index in [0.29, 0.717) is 17.5 Å². The summed E-state index contributed by atoms with van der Waals surface area (Å²) in [4.78, 5) is 25.6. The Morgan fingerprint density at radius 2 is 1.96 bits per heavy atom. The van der Waals surface area contributed by atoms with Crippen molar-refractivity contribution in [3.63, 3.8) is 0 Å². The van der Waals surface area contributed by atoms with Gasteiger partial charge in [-0.2, -0.15) is 0 Å². The number of nitrogens with one attached hydrogen (secondary N) is 1. The predicted molar refractivity (Wildman–Crippen MR) is 93.7 cm³/mol. The fourth-order valence-electron chi connectivity index (χ4n) is 3.88. The fourth-order valence-corrected chi connectivity index (χ4v) is 3.88. The molecule has 0 radical (unpaired) electrons. The Labute approximate surface area is 143 Å². The average Bonchev–Trinajstić information content (AvgIpc) is 3.04. The Bertz CT molecular complexity index is 596. The quantitative estimate of drug-likeness (QED) is 0.891. The number of urea groups is 1. The number of hydrogen-bond acceptors (Lipinski definition) is 2. The number of carbonyl (C=O) groups excluding carboxylic acids is 2. The van der Waals surface area contributed by atoms with Crippen molar-refractivity contribution in [3.05, 3.63) is 35.4 Å². The van der Waals surface area contributed by atoms with E-state index in [1.807, 2.05) is 23.1 Å². The highest BCUT2D eigenvalue weighted by molar-refractivity contribution is 5.92. The normalized spacial score (nSPS) is 21.7. The lowest BCUT2D eigenvalue weighted by Crippen LogP contribution is -2.44. The number of primary amides is 1. The van der Waals surface area contributed by atoms with Crippen LogP contribution in [-0.2, 0) is 6.42 Å². The van der Waals surface area contributed by atoms with E-state index in [2.05, 4.69) is 5.32 Å². The van der Waals surface area contributed by atoms with Crippen molar-refractivity contribution in [1.29, 1.82) is 0 Å². The summed E-state index contributed by atoms with van der Waals surface area (Å²) in [6.45, 7) is 1.61. The lowest BCUT2D eigenvalue weighted by molar-refractivity contribution is 0.1000. The first-order valence-electron chi connectivity index (χ1n) is 9.06. The highest BCUT2D eigenvalue weighted by atomic mass is 16.2. The van der Waals surface area contributed by atoms with Gasteiger partial charge in [0.25, 0.3) is 0 Å². The van der Waals surface area contributed by atoms with Gasteiger partial charge in [0.1, 0.15) is 0 Å². The van der Waals surface area contributed by atoms with Gasteiger partial charge in [0.15, 0.2) is 0 Å². The SMILES string of the molecule is NC(=O)c1cccc(C[C@@H]2CCN(C(=O)NC3CCCCC3)C2)c1. The van der Waals surface area contributed by atoms with Gasteiger partial charge in [0.2, 0.25) is 5.91 Å². The fraction of sp³-hybridized carbons (Fsp3) is 0.579. The Balaban J connectivity index is 1.50. The molecule has 5 heteroatoms. The maximum Gasteiger partial charge on any atom is 0.317 e. The summed E-state index contributed by atoms with van der Waals surface area (Å²) >= 11 is 0. The van der Waals surface area contributed by atoms with Crippen LogP contribution in [0.4, 0.5) is 4.79 Å².